The van der Waals surface area contributed by atoms with Crippen LogP contribution in [0.1, 0.15) is 56.2 Å². The Morgan fingerprint density at radius 1 is 0.722 bits per heavy atom. The largest absolute Gasteiger partial charge is 0.368 e. The number of aryl methyl sites for hydroxylation is 1. The third-order valence-electron chi connectivity index (χ3n) is 7.82. The maximum absolute atomic E-state index is 13.4. The van der Waals surface area contributed by atoms with Gasteiger partial charge in [-0.15, -0.1) is 0 Å². The fraction of sp³-hybridized carbons (Fsp3) is 0.355. The van der Waals surface area contributed by atoms with Crippen LogP contribution in [0.2, 0.25) is 0 Å². The van der Waals surface area contributed by atoms with Crippen LogP contribution < -0.4 is 4.90 Å². The fourth-order valence-corrected chi connectivity index (χ4v) is 5.53. The Morgan fingerprint density at radius 2 is 1.42 bits per heavy atom. The average molecular weight is 482 g/mol. The second-order valence-corrected chi connectivity index (χ2v) is 10.1. The first-order valence-electron chi connectivity index (χ1n) is 13.1. The highest BCUT2D eigenvalue weighted by atomic mass is 16.2. The van der Waals surface area contributed by atoms with Crippen LogP contribution in [0.15, 0.2) is 72.8 Å². The predicted molar refractivity (Wildman–Crippen MR) is 145 cm³/mol. The highest BCUT2D eigenvalue weighted by molar-refractivity contribution is 5.95. The molecule has 5 rings (SSSR count). The molecule has 0 N–H and O–H groups in total. The number of nitrogens with zero attached hydrogens (tertiary/aromatic N) is 3. The van der Waals surface area contributed by atoms with E-state index in [-0.39, 0.29) is 17.7 Å². The van der Waals surface area contributed by atoms with Gasteiger partial charge in [0, 0.05) is 62.0 Å². The van der Waals surface area contributed by atoms with Crippen LogP contribution >= 0.6 is 0 Å². The van der Waals surface area contributed by atoms with E-state index in [1.54, 1.807) is 0 Å². The molecule has 36 heavy (non-hydrogen) atoms. The third kappa shape index (κ3) is 5.01. The zero-order valence-electron chi connectivity index (χ0n) is 21.3. The Hall–Kier alpha value is -3.60. The third-order valence-corrected chi connectivity index (χ3v) is 7.82. The molecule has 3 aromatic carbocycles. The molecule has 0 spiro atoms. The molecule has 2 amide bonds. The predicted octanol–water partition coefficient (Wildman–Crippen LogP) is 5.29. The summed E-state index contributed by atoms with van der Waals surface area (Å²) in [5.41, 5.74) is 6.53. The SMILES string of the molecule is Cc1cccc(N2CCN(C(=O)c3cccc([C@H]4CCCN(C(=O)c5ccccc5)C4)c3)CC2)c1C. The molecule has 0 unspecified atom stereocenters. The Balaban J connectivity index is 1.24. The van der Waals surface area contributed by atoms with Crippen LogP contribution in [-0.4, -0.2) is 60.9 Å². The van der Waals surface area contributed by atoms with E-state index >= 15 is 0 Å². The molecule has 5 nitrogen and oxygen atoms in total. The van der Waals surface area contributed by atoms with Gasteiger partial charge >= 0.3 is 0 Å². The minimum Gasteiger partial charge on any atom is -0.368 e. The molecule has 0 aromatic heterocycles. The van der Waals surface area contributed by atoms with Crippen molar-refractivity contribution in [3.05, 3.63) is 101 Å². The second-order valence-electron chi connectivity index (χ2n) is 10.1. The Labute approximate surface area is 214 Å². The van der Waals surface area contributed by atoms with Crippen molar-refractivity contribution in [1.82, 2.24) is 9.80 Å². The highest BCUT2D eigenvalue weighted by Gasteiger charge is 2.27. The topological polar surface area (TPSA) is 43.9 Å². The van der Waals surface area contributed by atoms with Gasteiger partial charge in [0.2, 0.25) is 0 Å². The lowest BCUT2D eigenvalue weighted by Crippen LogP contribution is -2.49. The number of benzene rings is 3. The number of anilines is 1. The maximum Gasteiger partial charge on any atom is 0.253 e. The van der Waals surface area contributed by atoms with Crippen LogP contribution in [0.25, 0.3) is 0 Å². The first kappa shape index (κ1) is 24.1. The van der Waals surface area contributed by atoms with Crippen LogP contribution in [0, 0.1) is 13.8 Å². The van der Waals surface area contributed by atoms with Crippen molar-refractivity contribution >= 4 is 17.5 Å². The smallest absolute Gasteiger partial charge is 0.253 e. The van der Waals surface area contributed by atoms with E-state index in [0.717, 1.165) is 62.3 Å². The molecule has 2 heterocycles. The van der Waals surface area contributed by atoms with Crippen molar-refractivity contribution in [3.8, 4) is 0 Å². The number of amides is 2. The molecular weight excluding hydrogens is 446 g/mol. The van der Waals surface area contributed by atoms with Crippen molar-refractivity contribution in [2.75, 3.05) is 44.2 Å². The van der Waals surface area contributed by atoms with Crippen LogP contribution in [-0.2, 0) is 0 Å². The molecule has 2 aliphatic heterocycles. The van der Waals surface area contributed by atoms with Crippen LogP contribution in [0.3, 0.4) is 0 Å². The van der Waals surface area contributed by atoms with E-state index in [9.17, 15) is 9.59 Å². The molecule has 0 radical (unpaired) electrons. The van der Waals surface area contributed by atoms with Crippen molar-refractivity contribution in [2.45, 2.75) is 32.6 Å². The van der Waals surface area contributed by atoms with E-state index in [2.05, 4.69) is 49.1 Å². The van der Waals surface area contributed by atoms with E-state index < -0.39 is 0 Å². The van der Waals surface area contributed by atoms with Gasteiger partial charge < -0.3 is 14.7 Å². The number of piperidine rings is 1. The maximum atomic E-state index is 13.4. The summed E-state index contributed by atoms with van der Waals surface area (Å²) in [6, 6.07) is 24.0. The fourth-order valence-electron chi connectivity index (χ4n) is 5.53. The van der Waals surface area contributed by atoms with E-state index in [0.29, 0.717) is 6.54 Å². The Kier molecular flexibility index (Phi) is 7.08. The summed E-state index contributed by atoms with van der Waals surface area (Å²) in [6.45, 7) is 8.93. The van der Waals surface area contributed by atoms with Crippen LogP contribution in [0.5, 0.6) is 0 Å². The van der Waals surface area contributed by atoms with Gasteiger partial charge in [-0.1, -0.05) is 42.5 Å². The minimum absolute atomic E-state index is 0.0919. The monoisotopic (exact) mass is 481 g/mol. The summed E-state index contributed by atoms with van der Waals surface area (Å²) in [6.07, 6.45) is 2.01. The quantitative estimate of drug-likeness (QED) is 0.509. The zero-order chi connectivity index (χ0) is 25.1. The standard InChI is InChI=1S/C31H35N3O2/c1-23-9-6-15-29(24(23)2)32-17-19-33(20-18-32)31(36)27-13-7-12-26(21-27)28-14-8-16-34(22-28)30(35)25-10-4-3-5-11-25/h3-7,9-13,15,21,28H,8,14,16-20,22H2,1-2H3/t28-/m0/s1. The molecule has 5 heteroatoms. The van der Waals surface area contributed by atoms with Gasteiger partial charge in [0.15, 0.2) is 0 Å². The number of rotatable bonds is 4. The summed E-state index contributed by atoms with van der Waals surface area (Å²) in [4.78, 5) is 32.7. The molecule has 1 atom stereocenters. The molecular formula is C31H35N3O2. The lowest BCUT2D eigenvalue weighted by atomic mass is 9.89. The summed E-state index contributed by atoms with van der Waals surface area (Å²) < 4.78 is 0. The van der Waals surface area contributed by atoms with Gasteiger partial charge in [-0.2, -0.15) is 0 Å². The minimum atomic E-state index is 0.0919. The number of carbonyl (C=O) groups is 2. The lowest BCUT2D eigenvalue weighted by molar-refractivity contribution is 0.0704. The molecule has 0 saturated carbocycles. The molecule has 2 fully saturated rings. The van der Waals surface area contributed by atoms with Crippen LogP contribution in [0.4, 0.5) is 5.69 Å². The van der Waals surface area contributed by atoms with E-state index in [1.165, 1.54) is 16.8 Å². The molecule has 0 bridgehead atoms. The number of likely N-dealkylation sites (tertiary alicyclic amines) is 1. The summed E-state index contributed by atoms with van der Waals surface area (Å²) >= 11 is 0. The van der Waals surface area contributed by atoms with Gasteiger partial charge in [-0.3, -0.25) is 9.59 Å². The number of carbonyl (C=O) groups excluding carboxylic acids is 2. The van der Waals surface area contributed by atoms with E-state index in [4.69, 9.17) is 0 Å². The summed E-state index contributed by atoms with van der Waals surface area (Å²) in [5.74, 6) is 0.444. The van der Waals surface area contributed by atoms with Crippen molar-refractivity contribution < 1.29 is 9.59 Å². The Bertz CT molecular complexity index is 1230. The molecule has 0 aliphatic carbocycles. The highest BCUT2D eigenvalue weighted by Crippen LogP contribution is 2.29. The van der Waals surface area contributed by atoms with Gasteiger partial charge in [-0.25, -0.2) is 0 Å². The normalized spacial score (nSPS) is 18.3. The first-order valence-corrected chi connectivity index (χ1v) is 13.1. The molecule has 2 aliphatic rings. The molecule has 2 saturated heterocycles. The van der Waals surface area contributed by atoms with Gasteiger partial charge in [0.25, 0.3) is 11.8 Å². The molecule has 3 aromatic rings. The van der Waals surface area contributed by atoms with E-state index in [1.807, 2.05) is 52.3 Å². The zero-order valence-corrected chi connectivity index (χ0v) is 21.3. The average Bonchev–Trinajstić information content (AvgIpc) is 2.94. The second kappa shape index (κ2) is 10.6. The van der Waals surface area contributed by atoms with Crippen molar-refractivity contribution in [1.29, 1.82) is 0 Å². The number of hydrogen-bond acceptors (Lipinski definition) is 3. The van der Waals surface area contributed by atoms with Crippen molar-refractivity contribution in [2.24, 2.45) is 0 Å². The van der Waals surface area contributed by atoms with Crippen molar-refractivity contribution in [3.63, 3.8) is 0 Å². The van der Waals surface area contributed by atoms with Gasteiger partial charge in [0.1, 0.15) is 0 Å². The lowest BCUT2D eigenvalue weighted by Gasteiger charge is -2.37. The summed E-state index contributed by atoms with van der Waals surface area (Å²) in [7, 11) is 0. The van der Waals surface area contributed by atoms with Gasteiger partial charge in [-0.05, 0) is 73.7 Å². The summed E-state index contributed by atoms with van der Waals surface area (Å²) in [5, 5.41) is 0. The van der Waals surface area contributed by atoms with Gasteiger partial charge in [0.05, 0.1) is 0 Å². The number of piperazine rings is 1. The Morgan fingerprint density at radius 3 is 2.19 bits per heavy atom. The molecule has 186 valence electrons. The first-order chi connectivity index (χ1) is 17.5. The number of hydrogen-bond donors (Lipinski definition) is 0.